The zero-order valence-electron chi connectivity index (χ0n) is 27.9. The van der Waals surface area contributed by atoms with Gasteiger partial charge in [0.2, 0.25) is 0 Å². The van der Waals surface area contributed by atoms with Crippen molar-refractivity contribution in [3.05, 3.63) is 169 Å². The van der Waals surface area contributed by atoms with Gasteiger partial charge in [-0.05, 0) is 94.3 Å². The van der Waals surface area contributed by atoms with Gasteiger partial charge in [-0.1, -0.05) is 159 Å². The molecule has 0 fully saturated rings. The minimum absolute atomic E-state index is 0.225. The molecule has 0 amide bonds. The van der Waals surface area contributed by atoms with Gasteiger partial charge in [0.1, 0.15) is 11.2 Å². The van der Waals surface area contributed by atoms with Crippen LogP contribution in [0.5, 0.6) is 0 Å². The van der Waals surface area contributed by atoms with Gasteiger partial charge in [0.05, 0.1) is 0 Å². The van der Waals surface area contributed by atoms with Gasteiger partial charge in [0.15, 0.2) is 0 Å². The maximum absolute atomic E-state index is 7.01. The Kier molecular flexibility index (Phi) is 5.51. The molecule has 11 rings (SSSR count). The molecule has 10 aromatic rings. The smallest absolute Gasteiger partial charge is 0.143 e. The molecule has 0 saturated carbocycles. The van der Waals surface area contributed by atoms with E-state index in [1.165, 1.54) is 93.0 Å². The van der Waals surface area contributed by atoms with Crippen molar-refractivity contribution in [2.75, 3.05) is 0 Å². The molecule has 0 bridgehead atoms. The van der Waals surface area contributed by atoms with Crippen LogP contribution in [0.2, 0.25) is 0 Å². The molecule has 0 aliphatic heterocycles. The van der Waals surface area contributed by atoms with Gasteiger partial charge >= 0.3 is 0 Å². The van der Waals surface area contributed by atoms with Crippen molar-refractivity contribution >= 4 is 65.0 Å². The molecule has 0 radical (unpaired) electrons. The molecule has 9 aromatic carbocycles. The van der Waals surface area contributed by atoms with Crippen LogP contribution in [0.3, 0.4) is 0 Å². The third-order valence-electron chi connectivity index (χ3n) is 11.4. The number of fused-ring (bicyclic) bond motifs is 12. The highest BCUT2D eigenvalue weighted by Gasteiger charge is 2.40. The van der Waals surface area contributed by atoms with Crippen molar-refractivity contribution in [2.45, 2.75) is 19.3 Å². The van der Waals surface area contributed by atoms with Gasteiger partial charge in [-0.2, -0.15) is 0 Å². The van der Waals surface area contributed by atoms with Crippen molar-refractivity contribution in [1.82, 2.24) is 0 Å². The second-order valence-electron chi connectivity index (χ2n) is 14.4. The highest BCUT2D eigenvalue weighted by Crippen LogP contribution is 2.58. The molecule has 1 aliphatic carbocycles. The predicted octanol–water partition coefficient (Wildman–Crippen LogP) is 13.8. The lowest BCUT2D eigenvalue weighted by Crippen LogP contribution is -2.15. The fraction of sp³-hybridized carbons (Fsp3) is 0.0612. The second kappa shape index (κ2) is 9.94. The molecule has 0 N–H and O–H groups in total. The molecule has 0 spiro atoms. The highest BCUT2D eigenvalue weighted by molar-refractivity contribution is 6.26. The van der Waals surface area contributed by atoms with Crippen LogP contribution in [0.15, 0.2) is 162 Å². The molecule has 0 atom stereocenters. The third kappa shape index (κ3) is 3.56. The summed E-state index contributed by atoms with van der Waals surface area (Å²) in [5.41, 5.74) is 12.1. The molecule has 0 saturated heterocycles. The van der Waals surface area contributed by atoms with E-state index in [4.69, 9.17) is 4.42 Å². The normalized spacial score (nSPS) is 13.6. The van der Waals surface area contributed by atoms with Crippen LogP contribution in [-0.4, -0.2) is 0 Å². The van der Waals surface area contributed by atoms with Crippen molar-refractivity contribution in [1.29, 1.82) is 0 Å². The topological polar surface area (TPSA) is 13.1 Å². The number of hydrogen-bond donors (Lipinski definition) is 0. The SMILES string of the molecule is CC1(C)c2ccccc2-c2c(-c3c4ccccc4c(-c4cccc5ccccc45)c4ccccc34)cc3oc4c5ccccc5ccc4c3c21. The number of rotatable bonds is 2. The summed E-state index contributed by atoms with van der Waals surface area (Å²) in [4.78, 5) is 0. The fourth-order valence-electron chi connectivity index (χ4n) is 9.30. The molecule has 1 heterocycles. The Labute approximate surface area is 290 Å². The number of furan rings is 1. The summed E-state index contributed by atoms with van der Waals surface area (Å²) >= 11 is 0. The lowest BCUT2D eigenvalue weighted by Gasteiger charge is -2.24. The number of hydrogen-bond acceptors (Lipinski definition) is 1. The minimum Gasteiger partial charge on any atom is -0.455 e. The first-order valence-electron chi connectivity index (χ1n) is 17.5. The maximum atomic E-state index is 7.01. The van der Waals surface area contributed by atoms with Crippen LogP contribution in [-0.2, 0) is 5.41 Å². The summed E-state index contributed by atoms with van der Waals surface area (Å²) in [5.74, 6) is 0. The van der Waals surface area contributed by atoms with Gasteiger partial charge in [0, 0.05) is 21.6 Å². The Hall–Kier alpha value is -6.18. The average Bonchev–Trinajstić information content (AvgIpc) is 3.65. The largest absolute Gasteiger partial charge is 0.455 e. The van der Waals surface area contributed by atoms with E-state index in [0.717, 1.165) is 16.6 Å². The Balaban J connectivity index is 1.35. The van der Waals surface area contributed by atoms with Crippen molar-refractivity contribution in [3.63, 3.8) is 0 Å². The van der Waals surface area contributed by atoms with Crippen LogP contribution < -0.4 is 0 Å². The highest BCUT2D eigenvalue weighted by atomic mass is 16.3. The zero-order valence-corrected chi connectivity index (χ0v) is 27.9. The lowest BCUT2D eigenvalue weighted by atomic mass is 9.78. The minimum atomic E-state index is -0.225. The van der Waals surface area contributed by atoms with Gasteiger partial charge in [0.25, 0.3) is 0 Å². The zero-order chi connectivity index (χ0) is 33.1. The van der Waals surface area contributed by atoms with Crippen LogP contribution in [0.25, 0.3) is 98.4 Å². The fourth-order valence-corrected chi connectivity index (χ4v) is 9.30. The first-order valence-corrected chi connectivity index (χ1v) is 17.5. The van der Waals surface area contributed by atoms with Gasteiger partial charge in [-0.3, -0.25) is 0 Å². The van der Waals surface area contributed by atoms with E-state index >= 15 is 0 Å². The van der Waals surface area contributed by atoms with E-state index in [0.29, 0.717) is 0 Å². The third-order valence-corrected chi connectivity index (χ3v) is 11.4. The van der Waals surface area contributed by atoms with E-state index in [-0.39, 0.29) is 5.41 Å². The summed E-state index contributed by atoms with van der Waals surface area (Å²) in [6.45, 7) is 4.78. The second-order valence-corrected chi connectivity index (χ2v) is 14.4. The standard InChI is InChI=1S/C49H32O/c1-49(2)41-25-12-11-23-38(41)45-40(28-42-46(47(45)49)39-27-26-30-15-4-6-18-32(30)48(39)50-42)44-36-21-9-7-19-34(36)43(35-20-8-10-22-37(35)44)33-24-13-16-29-14-3-5-17-31(29)33/h3-28H,1-2H3. The number of benzene rings is 9. The summed E-state index contributed by atoms with van der Waals surface area (Å²) in [7, 11) is 0. The molecular weight excluding hydrogens is 605 g/mol. The van der Waals surface area contributed by atoms with Crippen molar-refractivity contribution < 1.29 is 4.42 Å². The first-order chi connectivity index (χ1) is 24.6. The van der Waals surface area contributed by atoms with E-state index in [1.54, 1.807) is 0 Å². The van der Waals surface area contributed by atoms with Gasteiger partial charge in [-0.25, -0.2) is 0 Å². The van der Waals surface area contributed by atoms with Crippen molar-refractivity contribution in [3.8, 4) is 33.4 Å². The Morgan fingerprint density at radius 1 is 0.400 bits per heavy atom. The molecule has 234 valence electrons. The molecular formula is C49H32O. The lowest BCUT2D eigenvalue weighted by molar-refractivity contribution is 0.658. The van der Waals surface area contributed by atoms with E-state index in [2.05, 4.69) is 172 Å². The summed E-state index contributed by atoms with van der Waals surface area (Å²) < 4.78 is 7.01. The quantitative estimate of drug-likeness (QED) is 0.172. The molecule has 1 aliphatic rings. The Bertz CT molecular complexity index is 3000. The molecule has 1 heteroatoms. The first kappa shape index (κ1) is 27.7. The Morgan fingerprint density at radius 2 is 0.920 bits per heavy atom. The van der Waals surface area contributed by atoms with Crippen LogP contribution in [0.1, 0.15) is 25.0 Å². The van der Waals surface area contributed by atoms with E-state index in [9.17, 15) is 0 Å². The maximum Gasteiger partial charge on any atom is 0.143 e. The molecule has 0 unspecified atom stereocenters. The Morgan fingerprint density at radius 3 is 1.62 bits per heavy atom. The van der Waals surface area contributed by atoms with E-state index < -0.39 is 0 Å². The molecule has 1 aromatic heterocycles. The van der Waals surface area contributed by atoms with Gasteiger partial charge in [-0.15, -0.1) is 0 Å². The van der Waals surface area contributed by atoms with Crippen LogP contribution in [0.4, 0.5) is 0 Å². The monoisotopic (exact) mass is 636 g/mol. The van der Waals surface area contributed by atoms with Crippen LogP contribution >= 0.6 is 0 Å². The predicted molar refractivity (Wildman–Crippen MR) is 212 cm³/mol. The summed E-state index contributed by atoms with van der Waals surface area (Å²) in [5, 5.41) is 12.3. The van der Waals surface area contributed by atoms with Gasteiger partial charge < -0.3 is 4.42 Å². The summed E-state index contributed by atoms with van der Waals surface area (Å²) in [6.07, 6.45) is 0. The summed E-state index contributed by atoms with van der Waals surface area (Å²) in [6, 6.07) is 57.9. The average molecular weight is 637 g/mol. The van der Waals surface area contributed by atoms with E-state index in [1.807, 2.05) is 0 Å². The molecule has 1 nitrogen and oxygen atoms in total. The van der Waals surface area contributed by atoms with Crippen molar-refractivity contribution in [2.24, 2.45) is 0 Å². The van der Waals surface area contributed by atoms with Crippen LogP contribution in [0, 0.1) is 0 Å². The molecule has 50 heavy (non-hydrogen) atoms.